The fourth-order valence-electron chi connectivity index (χ4n) is 4.80. The van der Waals surface area contributed by atoms with Gasteiger partial charge < -0.3 is 20.1 Å². The second-order valence-electron chi connectivity index (χ2n) is 9.11. The van der Waals surface area contributed by atoms with Crippen LogP contribution >= 0.6 is 0 Å². The van der Waals surface area contributed by atoms with Gasteiger partial charge in [0.2, 0.25) is 5.91 Å². The summed E-state index contributed by atoms with van der Waals surface area (Å²) in [6.45, 7) is 3.20. The fourth-order valence-corrected chi connectivity index (χ4v) is 4.80. The number of hydrogen-bond acceptors (Lipinski definition) is 4. The van der Waals surface area contributed by atoms with Gasteiger partial charge in [-0.25, -0.2) is 0 Å². The van der Waals surface area contributed by atoms with E-state index in [1.54, 1.807) is 6.08 Å². The molecule has 0 aromatic heterocycles. The molecule has 0 saturated carbocycles. The molecule has 3 aromatic rings. The molecule has 0 aliphatic carbocycles. The number of nitrogens with zero attached hydrogens (tertiary/aromatic N) is 1. The Labute approximate surface area is 200 Å². The minimum Gasteiger partial charge on any atom is -0.492 e. The third-order valence-corrected chi connectivity index (χ3v) is 6.93. The van der Waals surface area contributed by atoms with Crippen LogP contribution in [0.5, 0.6) is 11.5 Å². The van der Waals surface area contributed by atoms with Crippen LogP contribution in [0.1, 0.15) is 35.1 Å². The molecule has 2 aliphatic rings. The average Bonchev–Trinajstić information content (AvgIpc) is 3.24. The van der Waals surface area contributed by atoms with Gasteiger partial charge in [0.15, 0.2) is 0 Å². The lowest BCUT2D eigenvalue weighted by Crippen LogP contribution is -2.45. The maximum absolute atomic E-state index is 12.8. The number of nitrogens with two attached hydrogens (primary N) is 1. The van der Waals surface area contributed by atoms with Crippen molar-refractivity contribution in [2.24, 2.45) is 5.73 Å². The minimum atomic E-state index is -0.00338. The van der Waals surface area contributed by atoms with Crippen molar-refractivity contribution in [1.82, 2.24) is 4.90 Å². The number of rotatable bonds is 6. The molecule has 0 radical (unpaired) electrons. The normalized spacial score (nSPS) is 16.4. The zero-order chi connectivity index (χ0) is 23.4. The first-order valence-electron chi connectivity index (χ1n) is 11.9. The summed E-state index contributed by atoms with van der Waals surface area (Å²) in [6.07, 6.45) is 5.35. The van der Waals surface area contributed by atoms with Gasteiger partial charge in [-0.2, -0.15) is 0 Å². The largest absolute Gasteiger partial charge is 0.492 e. The molecule has 2 heterocycles. The highest BCUT2D eigenvalue weighted by atomic mass is 16.5. The Morgan fingerprint density at radius 1 is 1.00 bits per heavy atom. The molecular formula is C29H30N2O3. The van der Waals surface area contributed by atoms with Crippen LogP contribution in [0.25, 0.3) is 6.08 Å². The number of piperidine rings is 1. The van der Waals surface area contributed by atoms with Crippen LogP contribution in [-0.4, -0.2) is 30.5 Å². The molecule has 0 atom stereocenters. The highest BCUT2D eigenvalue weighted by Crippen LogP contribution is 2.45. The molecule has 1 saturated heterocycles. The predicted octanol–water partition coefficient (Wildman–Crippen LogP) is 4.69. The number of carbonyl (C=O) groups is 1. The number of benzene rings is 3. The van der Waals surface area contributed by atoms with Crippen molar-refractivity contribution in [3.8, 4) is 11.5 Å². The van der Waals surface area contributed by atoms with E-state index < -0.39 is 0 Å². The molecule has 2 N–H and O–H groups in total. The SMILES string of the molecule is NCc1ccc2c(c1)C1(CCN(C(=O)C=Cc3ccc(OCc4ccccc4)cc3)CC1)CO2. The van der Waals surface area contributed by atoms with Gasteiger partial charge in [-0.3, -0.25) is 4.79 Å². The Kier molecular flexibility index (Phi) is 6.37. The molecular weight excluding hydrogens is 424 g/mol. The summed E-state index contributed by atoms with van der Waals surface area (Å²) in [5, 5.41) is 0. The van der Waals surface area contributed by atoms with Gasteiger partial charge in [-0.05, 0) is 53.8 Å². The molecule has 0 bridgehead atoms. The van der Waals surface area contributed by atoms with Gasteiger partial charge in [-0.1, -0.05) is 54.6 Å². The first kappa shape index (κ1) is 22.2. The summed E-state index contributed by atoms with van der Waals surface area (Å²) in [6, 6.07) is 24.1. The third-order valence-electron chi connectivity index (χ3n) is 6.93. The van der Waals surface area contributed by atoms with Crippen molar-refractivity contribution in [2.75, 3.05) is 19.7 Å². The van der Waals surface area contributed by atoms with Gasteiger partial charge in [0.05, 0.1) is 6.61 Å². The van der Waals surface area contributed by atoms with Gasteiger partial charge in [0, 0.05) is 36.7 Å². The number of likely N-dealkylation sites (tertiary alicyclic amines) is 1. The Morgan fingerprint density at radius 3 is 2.50 bits per heavy atom. The van der Waals surface area contributed by atoms with Gasteiger partial charge in [0.1, 0.15) is 18.1 Å². The Hall–Kier alpha value is -3.57. The van der Waals surface area contributed by atoms with Crippen molar-refractivity contribution >= 4 is 12.0 Å². The second kappa shape index (κ2) is 9.74. The zero-order valence-electron chi connectivity index (χ0n) is 19.3. The monoisotopic (exact) mass is 454 g/mol. The number of hydrogen-bond donors (Lipinski definition) is 1. The van der Waals surface area contributed by atoms with Crippen LogP contribution in [0.15, 0.2) is 78.9 Å². The molecule has 1 fully saturated rings. The smallest absolute Gasteiger partial charge is 0.246 e. The van der Waals surface area contributed by atoms with Crippen LogP contribution in [0.4, 0.5) is 0 Å². The third kappa shape index (κ3) is 4.70. The summed E-state index contributed by atoms with van der Waals surface area (Å²) in [7, 11) is 0. The van der Waals surface area contributed by atoms with Crippen LogP contribution in [0.3, 0.4) is 0 Å². The fraction of sp³-hybridized carbons (Fsp3) is 0.276. The van der Waals surface area contributed by atoms with Gasteiger partial charge in [0.25, 0.3) is 0 Å². The zero-order valence-corrected chi connectivity index (χ0v) is 19.3. The quantitative estimate of drug-likeness (QED) is 0.549. The van der Waals surface area contributed by atoms with Crippen LogP contribution < -0.4 is 15.2 Å². The molecule has 5 nitrogen and oxygen atoms in total. The van der Waals surface area contributed by atoms with Crippen molar-refractivity contribution in [3.63, 3.8) is 0 Å². The molecule has 0 unspecified atom stereocenters. The molecule has 2 aliphatic heterocycles. The topological polar surface area (TPSA) is 64.8 Å². The lowest BCUT2D eigenvalue weighted by molar-refractivity contribution is -0.127. The van der Waals surface area contributed by atoms with E-state index in [9.17, 15) is 4.79 Å². The van der Waals surface area contributed by atoms with E-state index in [1.165, 1.54) is 5.56 Å². The van der Waals surface area contributed by atoms with E-state index in [2.05, 4.69) is 6.07 Å². The van der Waals surface area contributed by atoms with Gasteiger partial charge >= 0.3 is 0 Å². The van der Waals surface area contributed by atoms with E-state index in [4.69, 9.17) is 15.2 Å². The van der Waals surface area contributed by atoms with E-state index >= 15 is 0 Å². The second-order valence-corrected chi connectivity index (χ2v) is 9.11. The lowest BCUT2D eigenvalue weighted by atomic mass is 9.74. The van der Waals surface area contributed by atoms with Crippen molar-refractivity contribution in [2.45, 2.75) is 31.4 Å². The van der Waals surface area contributed by atoms with E-state index in [0.717, 1.165) is 54.1 Å². The first-order chi connectivity index (χ1) is 16.6. The molecule has 1 amide bonds. The summed E-state index contributed by atoms with van der Waals surface area (Å²) >= 11 is 0. The van der Waals surface area contributed by atoms with E-state index in [0.29, 0.717) is 19.8 Å². The summed E-state index contributed by atoms with van der Waals surface area (Å²) < 4.78 is 11.8. The maximum Gasteiger partial charge on any atom is 0.246 e. The Morgan fingerprint density at radius 2 is 1.76 bits per heavy atom. The van der Waals surface area contributed by atoms with Crippen molar-refractivity contribution < 1.29 is 14.3 Å². The molecule has 5 heteroatoms. The first-order valence-corrected chi connectivity index (χ1v) is 11.9. The number of fused-ring (bicyclic) bond motifs is 2. The number of ether oxygens (including phenoxy) is 2. The molecule has 3 aromatic carbocycles. The van der Waals surface area contributed by atoms with Crippen molar-refractivity contribution in [3.05, 3.63) is 101 Å². The van der Waals surface area contributed by atoms with Gasteiger partial charge in [-0.15, -0.1) is 0 Å². The van der Waals surface area contributed by atoms with E-state index in [1.807, 2.05) is 77.7 Å². The summed E-state index contributed by atoms with van der Waals surface area (Å²) in [5.74, 6) is 1.83. The maximum atomic E-state index is 12.8. The molecule has 174 valence electrons. The number of amides is 1. The molecule has 34 heavy (non-hydrogen) atoms. The molecule has 5 rings (SSSR count). The standard InChI is InChI=1S/C29H30N2O3/c30-19-24-8-12-27-26(18-24)29(21-34-27)14-16-31(17-15-29)28(32)13-9-22-6-10-25(11-7-22)33-20-23-4-2-1-3-5-23/h1-13,18H,14-17,19-21,30H2. The minimum absolute atomic E-state index is 0.00338. The van der Waals surface area contributed by atoms with E-state index in [-0.39, 0.29) is 11.3 Å². The van der Waals surface area contributed by atoms with Crippen LogP contribution in [0, 0.1) is 0 Å². The number of carbonyl (C=O) groups excluding carboxylic acids is 1. The van der Waals surface area contributed by atoms with Crippen LogP contribution in [0.2, 0.25) is 0 Å². The highest BCUT2D eigenvalue weighted by Gasteiger charge is 2.43. The average molecular weight is 455 g/mol. The Balaban J connectivity index is 1.15. The van der Waals surface area contributed by atoms with Crippen LogP contribution in [-0.2, 0) is 23.4 Å². The Bertz CT molecular complexity index is 1160. The van der Waals surface area contributed by atoms with Crippen molar-refractivity contribution in [1.29, 1.82) is 0 Å². The lowest BCUT2D eigenvalue weighted by Gasteiger charge is -2.38. The highest BCUT2D eigenvalue weighted by molar-refractivity contribution is 5.91. The predicted molar refractivity (Wildman–Crippen MR) is 134 cm³/mol. The summed E-state index contributed by atoms with van der Waals surface area (Å²) in [4.78, 5) is 14.7. The summed E-state index contributed by atoms with van der Waals surface area (Å²) in [5.41, 5.74) is 10.3. The molecule has 1 spiro atoms.